The number of hydroxylamine groups is 1. The standard InChI is InChI=1S/C10H24N4O2/c15-13-10-8-6-4-2-1-3-5-7-9-11-12-14(13)16/h11-12,15-16H,1-10H2. The van der Waals surface area contributed by atoms with Gasteiger partial charge in [0.05, 0.1) is 0 Å². The topological polar surface area (TPSA) is 71.0 Å². The second-order valence-electron chi connectivity index (χ2n) is 4.25. The molecule has 0 aromatic rings. The summed E-state index contributed by atoms with van der Waals surface area (Å²) in [4.78, 5) is 0. The maximum Gasteiger partial charge on any atom is 0.0439 e. The molecule has 0 aliphatic carbocycles. The number of nitrogens with one attached hydrogen (secondary N) is 2. The Kier molecular flexibility index (Phi) is 7.65. The van der Waals surface area contributed by atoms with Gasteiger partial charge in [0.2, 0.25) is 0 Å². The first-order valence-electron chi connectivity index (χ1n) is 6.24. The molecule has 0 spiro atoms. The predicted molar refractivity (Wildman–Crippen MR) is 60.2 cm³/mol. The summed E-state index contributed by atoms with van der Waals surface area (Å²) >= 11 is 0. The van der Waals surface area contributed by atoms with E-state index in [1.54, 1.807) is 0 Å². The highest BCUT2D eigenvalue weighted by Gasteiger charge is 2.08. The van der Waals surface area contributed by atoms with Crippen LogP contribution in [0.15, 0.2) is 0 Å². The molecule has 0 radical (unpaired) electrons. The van der Waals surface area contributed by atoms with Crippen molar-refractivity contribution in [1.82, 2.24) is 21.4 Å². The molecule has 96 valence electrons. The highest BCUT2D eigenvalue weighted by atomic mass is 16.7. The SMILES string of the molecule is ON1CCCCCCCCCCNNN1O. The molecule has 0 saturated carbocycles. The van der Waals surface area contributed by atoms with Gasteiger partial charge >= 0.3 is 0 Å². The van der Waals surface area contributed by atoms with Crippen LogP contribution in [0.25, 0.3) is 0 Å². The number of nitrogens with zero attached hydrogens (tertiary/aromatic N) is 2. The van der Waals surface area contributed by atoms with E-state index >= 15 is 0 Å². The van der Waals surface area contributed by atoms with Gasteiger partial charge in [-0.2, -0.15) is 5.53 Å². The van der Waals surface area contributed by atoms with Crippen LogP contribution in [-0.4, -0.2) is 34.0 Å². The van der Waals surface area contributed by atoms with Gasteiger partial charge in [-0.15, -0.1) is 0 Å². The second-order valence-corrected chi connectivity index (χ2v) is 4.25. The number of hydrogen-bond donors (Lipinski definition) is 4. The van der Waals surface area contributed by atoms with Gasteiger partial charge in [-0.1, -0.05) is 43.7 Å². The normalized spacial score (nSPS) is 25.1. The summed E-state index contributed by atoms with van der Waals surface area (Å²) in [5, 5.41) is 20.1. The van der Waals surface area contributed by atoms with Crippen LogP contribution < -0.4 is 11.0 Å². The molecule has 1 heterocycles. The highest BCUT2D eigenvalue weighted by Crippen LogP contribution is 2.09. The minimum Gasteiger partial charge on any atom is -0.296 e. The summed E-state index contributed by atoms with van der Waals surface area (Å²) in [6.45, 7) is 1.22. The van der Waals surface area contributed by atoms with Crippen molar-refractivity contribution >= 4 is 0 Å². The number of hydrogen-bond acceptors (Lipinski definition) is 6. The molecule has 1 saturated heterocycles. The van der Waals surface area contributed by atoms with E-state index in [9.17, 15) is 10.4 Å². The Hall–Kier alpha value is -0.240. The third-order valence-electron chi connectivity index (χ3n) is 2.81. The fraction of sp³-hybridized carbons (Fsp3) is 1.00. The average molecular weight is 232 g/mol. The quantitative estimate of drug-likeness (QED) is 0.506. The zero-order valence-electron chi connectivity index (χ0n) is 9.86. The van der Waals surface area contributed by atoms with Crippen molar-refractivity contribution in [3.63, 3.8) is 0 Å². The van der Waals surface area contributed by atoms with Crippen molar-refractivity contribution < 1.29 is 10.4 Å². The van der Waals surface area contributed by atoms with E-state index in [1.165, 1.54) is 32.1 Å². The fourth-order valence-corrected chi connectivity index (χ4v) is 1.81. The summed E-state index contributed by atoms with van der Waals surface area (Å²) < 4.78 is 0. The summed E-state index contributed by atoms with van der Waals surface area (Å²) in [6.07, 6.45) is 9.35. The van der Waals surface area contributed by atoms with Crippen LogP contribution in [0.1, 0.15) is 51.4 Å². The lowest BCUT2D eigenvalue weighted by Crippen LogP contribution is -2.53. The summed E-state index contributed by atoms with van der Waals surface area (Å²) in [6, 6.07) is 0. The molecular weight excluding hydrogens is 208 g/mol. The minimum atomic E-state index is 0.436. The lowest BCUT2D eigenvalue weighted by Gasteiger charge is -2.24. The first-order valence-corrected chi connectivity index (χ1v) is 6.24. The summed E-state index contributed by atoms with van der Waals surface area (Å²) in [5.74, 6) is 0. The Morgan fingerprint density at radius 1 is 0.750 bits per heavy atom. The Labute approximate surface area is 97.0 Å². The van der Waals surface area contributed by atoms with E-state index in [-0.39, 0.29) is 0 Å². The van der Waals surface area contributed by atoms with Gasteiger partial charge in [0.15, 0.2) is 0 Å². The fourth-order valence-electron chi connectivity index (χ4n) is 1.81. The highest BCUT2D eigenvalue weighted by molar-refractivity contribution is 4.49. The van der Waals surface area contributed by atoms with Crippen LogP contribution >= 0.6 is 0 Å². The van der Waals surface area contributed by atoms with E-state index in [2.05, 4.69) is 11.0 Å². The van der Waals surface area contributed by atoms with Gasteiger partial charge in [-0.25, -0.2) is 5.43 Å². The molecule has 1 rings (SSSR count). The molecule has 6 nitrogen and oxygen atoms in total. The van der Waals surface area contributed by atoms with Crippen molar-refractivity contribution in [2.45, 2.75) is 51.4 Å². The van der Waals surface area contributed by atoms with Gasteiger partial charge in [0.1, 0.15) is 0 Å². The van der Waals surface area contributed by atoms with E-state index in [1.807, 2.05) is 0 Å². The Balaban J connectivity index is 2.21. The molecule has 16 heavy (non-hydrogen) atoms. The molecule has 6 heteroatoms. The number of hydrazine groups is 3. The van der Waals surface area contributed by atoms with Crippen molar-refractivity contribution in [1.29, 1.82) is 0 Å². The first-order chi connectivity index (χ1) is 7.80. The molecule has 0 aromatic heterocycles. The van der Waals surface area contributed by atoms with Crippen molar-refractivity contribution in [2.24, 2.45) is 0 Å². The smallest absolute Gasteiger partial charge is 0.0439 e. The van der Waals surface area contributed by atoms with Crippen molar-refractivity contribution in [3.8, 4) is 0 Å². The van der Waals surface area contributed by atoms with Gasteiger partial charge in [0, 0.05) is 13.1 Å². The number of rotatable bonds is 0. The van der Waals surface area contributed by atoms with Gasteiger partial charge in [-0.3, -0.25) is 10.4 Å². The Morgan fingerprint density at radius 2 is 1.31 bits per heavy atom. The molecule has 0 aromatic carbocycles. The van der Waals surface area contributed by atoms with Crippen LogP contribution in [0.2, 0.25) is 0 Å². The monoisotopic (exact) mass is 232 g/mol. The Morgan fingerprint density at radius 3 is 2.00 bits per heavy atom. The van der Waals surface area contributed by atoms with Gasteiger partial charge in [0.25, 0.3) is 0 Å². The van der Waals surface area contributed by atoms with E-state index in [4.69, 9.17) is 0 Å². The lowest BCUT2D eigenvalue weighted by molar-refractivity contribution is -0.397. The first kappa shape index (κ1) is 13.8. The molecule has 0 amide bonds. The third kappa shape index (κ3) is 6.37. The van der Waals surface area contributed by atoms with Crippen LogP contribution in [0.5, 0.6) is 0 Å². The molecule has 1 aliphatic rings. The molecule has 1 aliphatic heterocycles. The summed E-state index contributed by atoms with van der Waals surface area (Å²) in [7, 11) is 0. The maximum absolute atomic E-state index is 9.39. The molecule has 0 bridgehead atoms. The molecule has 0 unspecified atom stereocenters. The average Bonchev–Trinajstić information content (AvgIpc) is 2.29. The van der Waals surface area contributed by atoms with Crippen molar-refractivity contribution in [3.05, 3.63) is 0 Å². The zero-order chi connectivity index (χ0) is 11.6. The van der Waals surface area contributed by atoms with Gasteiger partial charge in [-0.05, 0) is 18.1 Å². The molecule has 1 fully saturated rings. The van der Waals surface area contributed by atoms with Crippen molar-refractivity contribution in [2.75, 3.05) is 13.1 Å². The van der Waals surface area contributed by atoms with Crippen LogP contribution in [0, 0.1) is 0 Å². The van der Waals surface area contributed by atoms with E-state index in [0.29, 0.717) is 11.8 Å². The molecule has 4 N–H and O–H groups in total. The zero-order valence-corrected chi connectivity index (χ0v) is 9.86. The van der Waals surface area contributed by atoms with Crippen LogP contribution in [-0.2, 0) is 0 Å². The maximum atomic E-state index is 9.39. The molecule has 0 atom stereocenters. The summed E-state index contributed by atoms with van der Waals surface area (Å²) in [5.41, 5.74) is 5.34. The van der Waals surface area contributed by atoms with E-state index in [0.717, 1.165) is 31.0 Å². The predicted octanol–water partition coefficient (Wildman–Crippen LogP) is 1.43. The Bertz CT molecular complexity index is 153. The van der Waals surface area contributed by atoms with E-state index < -0.39 is 0 Å². The van der Waals surface area contributed by atoms with Crippen LogP contribution in [0.3, 0.4) is 0 Å². The largest absolute Gasteiger partial charge is 0.296 e. The minimum absolute atomic E-state index is 0.436. The third-order valence-corrected chi connectivity index (χ3v) is 2.81. The van der Waals surface area contributed by atoms with Gasteiger partial charge < -0.3 is 0 Å². The lowest BCUT2D eigenvalue weighted by atomic mass is 10.1. The van der Waals surface area contributed by atoms with Crippen LogP contribution in [0.4, 0.5) is 0 Å². The second kappa shape index (κ2) is 8.86. The molecular formula is C10H24N4O2.